The molecule has 0 amide bonds. The molecule has 0 bridgehead atoms. The summed E-state index contributed by atoms with van der Waals surface area (Å²) in [6.07, 6.45) is 4.91. The first-order valence-electron chi connectivity index (χ1n) is 7.91. The SMILES string of the molecule is CC(C)NC1(CO)CCCC1CCSC(C)C(C)C. The molecule has 0 heterocycles. The van der Waals surface area contributed by atoms with E-state index in [-0.39, 0.29) is 5.54 Å². The third-order valence-electron chi connectivity index (χ3n) is 4.60. The van der Waals surface area contributed by atoms with Gasteiger partial charge in [-0.05, 0) is 36.9 Å². The van der Waals surface area contributed by atoms with E-state index in [1.54, 1.807) is 0 Å². The normalized spacial score (nSPS) is 29.4. The smallest absolute Gasteiger partial charge is 0.0616 e. The Balaban J connectivity index is 2.46. The maximum atomic E-state index is 9.86. The van der Waals surface area contributed by atoms with E-state index in [4.69, 9.17) is 0 Å². The first-order chi connectivity index (χ1) is 8.91. The van der Waals surface area contributed by atoms with E-state index < -0.39 is 0 Å². The Kier molecular flexibility index (Phi) is 7.20. The van der Waals surface area contributed by atoms with Gasteiger partial charge in [-0.3, -0.25) is 0 Å². The molecule has 0 aromatic rings. The van der Waals surface area contributed by atoms with Gasteiger partial charge in [-0.25, -0.2) is 0 Å². The molecule has 114 valence electrons. The summed E-state index contributed by atoms with van der Waals surface area (Å²) in [4.78, 5) is 0. The Morgan fingerprint density at radius 1 is 1.26 bits per heavy atom. The predicted octanol–water partition coefficient (Wildman–Crippen LogP) is 3.68. The Bertz CT molecular complexity index is 257. The minimum Gasteiger partial charge on any atom is -0.394 e. The highest BCUT2D eigenvalue weighted by Gasteiger charge is 2.42. The van der Waals surface area contributed by atoms with Crippen LogP contribution in [0.1, 0.15) is 60.3 Å². The van der Waals surface area contributed by atoms with Crippen molar-refractivity contribution >= 4 is 11.8 Å². The van der Waals surface area contributed by atoms with E-state index in [2.05, 4.69) is 51.7 Å². The van der Waals surface area contributed by atoms with Crippen molar-refractivity contribution < 1.29 is 5.11 Å². The third kappa shape index (κ3) is 4.95. The van der Waals surface area contributed by atoms with Crippen LogP contribution in [-0.4, -0.2) is 34.3 Å². The zero-order chi connectivity index (χ0) is 14.5. The van der Waals surface area contributed by atoms with Gasteiger partial charge in [0, 0.05) is 16.8 Å². The lowest BCUT2D eigenvalue weighted by Crippen LogP contribution is -2.54. The molecule has 0 radical (unpaired) electrons. The number of hydrogen-bond donors (Lipinski definition) is 2. The molecule has 0 aliphatic heterocycles. The molecule has 1 aliphatic carbocycles. The Morgan fingerprint density at radius 2 is 1.95 bits per heavy atom. The van der Waals surface area contributed by atoms with Crippen LogP contribution in [0, 0.1) is 11.8 Å². The van der Waals surface area contributed by atoms with E-state index in [9.17, 15) is 5.11 Å². The van der Waals surface area contributed by atoms with E-state index >= 15 is 0 Å². The van der Waals surface area contributed by atoms with Crippen molar-refractivity contribution in [1.82, 2.24) is 5.32 Å². The predicted molar refractivity (Wildman–Crippen MR) is 86.8 cm³/mol. The molecular weight excluding hydrogens is 254 g/mol. The maximum Gasteiger partial charge on any atom is 0.0616 e. The number of thioether (sulfide) groups is 1. The van der Waals surface area contributed by atoms with Gasteiger partial charge in [-0.15, -0.1) is 0 Å². The van der Waals surface area contributed by atoms with Crippen LogP contribution in [0.4, 0.5) is 0 Å². The van der Waals surface area contributed by atoms with Gasteiger partial charge >= 0.3 is 0 Å². The number of nitrogens with one attached hydrogen (secondary N) is 1. The van der Waals surface area contributed by atoms with Crippen molar-refractivity contribution in [2.45, 2.75) is 77.1 Å². The second-order valence-electron chi connectivity index (χ2n) is 6.81. The average Bonchev–Trinajstić information content (AvgIpc) is 2.71. The van der Waals surface area contributed by atoms with E-state index in [0.717, 1.165) is 17.6 Å². The van der Waals surface area contributed by atoms with Crippen molar-refractivity contribution in [3.05, 3.63) is 0 Å². The molecule has 2 N–H and O–H groups in total. The lowest BCUT2D eigenvalue weighted by molar-refractivity contribution is 0.113. The summed E-state index contributed by atoms with van der Waals surface area (Å²) in [7, 11) is 0. The topological polar surface area (TPSA) is 32.3 Å². The van der Waals surface area contributed by atoms with Gasteiger partial charge in [0.25, 0.3) is 0 Å². The third-order valence-corrected chi connectivity index (χ3v) is 6.14. The molecule has 1 aliphatic rings. The molecule has 0 spiro atoms. The molecule has 0 aromatic carbocycles. The Morgan fingerprint density at radius 3 is 2.47 bits per heavy atom. The van der Waals surface area contributed by atoms with E-state index in [0.29, 0.717) is 18.6 Å². The molecule has 3 atom stereocenters. The first-order valence-corrected chi connectivity index (χ1v) is 8.96. The molecule has 2 nitrogen and oxygen atoms in total. The minimum atomic E-state index is -0.00417. The van der Waals surface area contributed by atoms with E-state index in [1.807, 2.05) is 0 Å². The summed E-state index contributed by atoms with van der Waals surface area (Å²) in [5.41, 5.74) is -0.00417. The van der Waals surface area contributed by atoms with Crippen molar-refractivity contribution in [1.29, 1.82) is 0 Å². The summed E-state index contributed by atoms with van der Waals surface area (Å²) in [6.45, 7) is 11.6. The highest BCUT2D eigenvalue weighted by atomic mass is 32.2. The van der Waals surface area contributed by atoms with Crippen LogP contribution >= 0.6 is 11.8 Å². The Labute approximate surface area is 124 Å². The molecule has 1 rings (SSSR count). The number of aliphatic hydroxyl groups excluding tert-OH is 1. The summed E-state index contributed by atoms with van der Waals surface area (Å²) in [6, 6.07) is 0.454. The first kappa shape index (κ1) is 17.3. The fourth-order valence-corrected chi connectivity index (χ4v) is 4.35. The van der Waals surface area contributed by atoms with E-state index in [1.165, 1.54) is 25.0 Å². The van der Waals surface area contributed by atoms with Crippen molar-refractivity contribution in [3.63, 3.8) is 0 Å². The van der Waals surface area contributed by atoms with Crippen LogP contribution < -0.4 is 5.32 Å². The van der Waals surface area contributed by atoms with Gasteiger partial charge in [0.1, 0.15) is 0 Å². The summed E-state index contributed by atoms with van der Waals surface area (Å²) in [5.74, 6) is 2.63. The number of aliphatic hydroxyl groups is 1. The van der Waals surface area contributed by atoms with Gasteiger partial charge in [0.05, 0.1) is 6.61 Å². The maximum absolute atomic E-state index is 9.86. The largest absolute Gasteiger partial charge is 0.394 e. The minimum absolute atomic E-state index is 0.00417. The molecular formula is C16H33NOS. The summed E-state index contributed by atoms with van der Waals surface area (Å²) >= 11 is 2.09. The van der Waals surface area contributed by atoms with Crippen LogP contribution in [0.25, 0.3) is 0 Å². The monoisotopic (exact) mass is 287 g/mol. The average molecular weight is 288 g/mol. The fourth-order valence-electron chi connectivity index (χ4n) is 3.17. The quantitative estimate of drug-likeness (QED) is 0.714. The number of rotatable bonds is 8. The molecule has 1 saturated carbocycles. The van der Waals surface area contributed by atoms with Crippen molar-refractivity contribution in [3.8, 4) is 0 Å². The van der Waals surface area contributed by atoms with Crippen LogP contribution in [0.15, 0.2) is 0 Å². The molecule has 3 heteroatoms. The second-order valence-corrected chi connectivity index (χ2v) is 8.30. The second kappa shape index (κ2) is 7.90. The highest BCUT2D eigenvalue weighted by molar-refractivity contribution is 7.99. The summed E-state index contributed by atoms with van der Waals surface area (Å²) in [5, 5.41) is 14.3. The van der Waals surface area contributed by atoms with Crippen LogP contribution in [0.5, 0.6) is 0 Å². The van der Waals surface area contributed by atoms with Gasteiger partial charge in [-0.2, -0.15) is 11.8 Å². The van der Waals surface area contributed by atoms with Crippen LogP contribution in [-0.2, 0) is 0 Å². The van der Waals surface area contributed by atoms with Crippen molar-refractivity contribution in [2.75, 3.05) is 12.4 Å². The zero-order valence-corrected chi connectivity index (χ0v) is 14.2. The molecule has 0 saturated heterocycles. The van der Waals surface area contributed by atoms with Crippen LogP contribution in [0.3, 0.4) is 0 Å². The summed E-state index contributed by atoms with van der Waals surface area (Å²) < 4.78 is 0. The Hall–Kier alpha value is 0.270. The van der Waals surface area contributed by atoms with Gasteiger partial charge in [0.15, 0.2) is 0 Å². The molecule has 3 unspecified atom stereocenters. The molecule has 1 fully saturated rings. The molecule has 19 heavy (non-hydrogen) atoms. The standard InChI is InChI=1S/C16H33NOS/c1-12(2)14(5)19-10-8-15-7-6-9-16(15,11-18)17-13(3)4/h12-15,17-18H,6-11H2,1-5H3. The lowest BCUT2D eigenvalue weighted by atomic mass is 9.85. The highest BCUT2D eigenvalue weighted by Crippen LogP contribution is 2.39. The lowest BCUT2D eigenvalue weighted by Gasteiger charge is -2.37. The van der Waals surface area contributed by atoms with Crippen molar-refractivity contribution in [2.24, 2.45) is 11.8 Å². The molecule has 0 aromatic heterocycles. The fraction of sp³-hybridized carbons (Fsp3) is 1.00. The van der Waals surface area contributed by atoms with Crippen LogP contribution in [0.2, 0.25) is 0 Å². The zero-order valence-electron chi connectivity index (χ0n) is 13.4. The van der Waals surface area contributed by atoms with Gasteiger partial charge < -0.3 is 10.4 Å². The number of hydrogen-bond acceptors (Lipinski definition) is 3. The van der Waals surface area contributed by atoms with Gasteiger partial charge in [-0.1, -0.05) is 41.0 Å². The van der Waals surface area contributed by atoms with Gasteiger partial charge in [0.2, 0.25) is 0 Å².